The van der Waals surface area contributed by atoms with Crippen LogP contribution in [0.3, 0.4) is 0 Å². The molecule has 1 N–H and O–H groups in total. The Morgan fingerprint density at radius 1 is 1.35 bits per heavy atom. The molecule has 6 nitrogen and oxygen atoms in total. The number of hydrogen-bond donors (Lipinski definition) is 1. The summed E-state index contributed by atoms with van der Waals surface area (Å²) in [6.45, 7) is 4.08. The fourth-order valence-corrected chi connectivity index (χ4v) is 3.52. The van der Waals surface area contributed by atoms with E-state index in [9.17, 15) is 9.59 Å². The summed E-state index contributed by atoms with van der Waals surface area (Å²) in [6.07, 6.45) is 1.44. The van der Waals surface area contributed by atoms with E-state index in [1.807, 2.05) is 0 Å². The maximum absolute atomic E-state index is 12.9. The normalized spacial score (nSPS) is 29.5. The van der Waals surface area contributed by atoms with Crippen LogP contribution >= 0.6 is 0 Å². The van der Waals surface area contributed by atoms with Crippen molar-refractivity contribution in [3.8, 4) is 0 Å². The molecule has 3 aliphatic rings. The molecule has 0 aromatic rings. The Morgan fingerprint density at radius 3 is 2.60 bits per heavy atom. The number of carbonyl (C=O) groups excluding carboxylic acids is 2. The lowest BCUT2D eigenvalue weighted by molar-refractivity contribution is -0.140. The zero-order valence-corrected chi connectivity index (χ0v) is 11.9. The van der Waals surface area contributed by atoms with Crippen molar-refractivity contribution in [1.82, 2.24) is 10.2 Å². The molecule has 20 heavy (non-hydrogen) atoms. The molecule has 0 aromatic carbocycles. The van der Waals surface area contributed by atoms with Crippen LogP contribution in [0.15, 0.2) is 11.3 Å². The van der Waals surface area contributed by atoms with Gasteiger partial charge in [0.15, 0.2) is 0 Å². The second-order valence-electron chi connectivity index (χ2n) is 5.69. The van der Waals surface area contributed by atoms with E-state index < -0.39 is 5.41 Å². The van der Waals surface area contributed by atoms with Crippen molar-refractivity contribution in [3.05, 3.63) is 11.3 Å². The fourth-order valence-electron chi connectivity index (χ4n) is 3.52. The van der Waals surface area contributed by atoms with Gasteiger partial charge < -0.3 is 19.7 Å². The lowest BCUT2D eigenvalue weighted by Crippen LogP contribution is -2.47. The summed E-state index contributed by atoms with van der Waals surface area (Å²) in [6, 6.07) is 0. The van der Waals surface area contributed by atoms with E-state index in [4.69, 9.17) is 9.47 Å². The first-order valence-corrected chi connectivity index (χ1v) is 7.02. The predicted octanol–water partition coefficient (Wildman–Crippen LogP) is 0.0442. The van der Waals surface area contributed by atoms with Gasteiger partial charge in [-0.05, 0) is 32.9 Å². The third-order valence-electron chi connectivity index (χ3n) is 4.82. The minimum Gasteiger partial charge on any atom is -0.456 e. The second kappa shape index (κ2) is 4.86. The highest BCUT2D eigenvalue weighted by Crippen LogP contribution is 2.43. The highest BCUT2D eigenvalue weighted by Gasteiger charge is 2.56. The van der Waals surface area contributed by atoms with Gasteiger partial charge in [0, 0.05) is 7.11 Å². The number of hydrogen-bond acceptors (Lipinski definition) is 5. The van der Waals surface area contributed by atoms with Crippen molar-refractivity contribution in [1.29, 1.82) is 0 Å². The standard InChI is InChI=1S/C14H20N2O4/c1-9-10(8-20-12(9)17)16-7-11(19-2)14(13(16)18)3-5-15-6-4-14/h11,15H,3-8H2,1-2H3/t11-/m0/s1. The van der Waals surface area contributed by atoms with Crippen LogP contribution < -0.4 is 5.32 Å². The number of methoxy groups -OCH3 is 1. The maximum Gasteiger partial charge on any atom is 0.336 e. The van der Waals surface area contributed by atoms with E-state index in [0.29, 0.717) is 17.8 Å². The Labute approximate surface area is 118 Å². The molecule has 0 aromatic heterocycles. The Hall–Kier alpha value is -1.40. The van der Waals surface area contributed by atoms with Crippen LogP contribution in [-0.2, 0) is 19.1 Å². The largest absolute Gasteiger partial charge is 0.456 e. The fraction of sp³-hybridized carbons (Fsp3) is 0.714. The van der Waals surface area contributed by atoms with Gasteiger partial charge in [-0.1, -0.05) is 0 Å². The topological polar surface area (TPSA) is 67.9 Å². The van der Waals surface area contributed by atoms with Gasteiger partial charge in [0.1, 0.15) is 6.61 Å². The van der Waals surface area contributed by atoms with Gasteiger partial charge in [0.2, 0.25) is 5.91 Å². The van der Waals surface area contributed by atoms with Crippen LogP contribution in [0.2, 0.25) is 0 Å². The summed E-state index contributed by atoms with van der Waals surface area (Å²) >= 11 is 0. The van der Waals surface area contributed by atoms with Gasteiger partial charge in [-0.25, -0.2) is 4.79 Å². The van der Waals surface area contributed by atoms with Crippen molar-refractivity contribution in [2.45, 2.75) is 25.9 Å². The number of likely N-dealkylation sites (tertiary alicyclic amines) is 1. The molecule has 0 saturated carbocycles. The lowest BCUT2D eigenvalue weighted by atomic mass is 9.75. The van der Waals surface area contributed by atoms with Crippen molar-refractivity contribution >= 4 is 11.9 Å². The molecule has 2 fully saturated rings. The average Bonchev–Trinajstić information content (AvgIpc) is 2.92. The molecular weight excluding hydrogens is 260 g/mol. The minimum atomic E-state index is -0.446. The first kappa shape index (κ1) is 13.6. The minimum absolute atomic E-state index is 0.0819. The summed E-state index contributed by atoms with van der Waals surface area (Å²) in [5.74, 6) is -0.244. The quantitative estimate of drug-likeness (QED) is 0.724. The van der Waals surface area contributed by atoms with Gasteiger partial charge in [-0.2, -0.15) is 0 Å². The third-order valence-corrected chi connectivity index (χ3v) is 4.82. The van der Waals surface area contributed by atoms with Crippen LogP contribution in [0.25, 0.3) is 0 Å². The van der Waals surface area contributed by atoms with E-state index in [0.717, 1.165) is 25.9 Å². The SMILES string of the molecule is CO[C@H]1CN(C2=C(C)C(=O)OC2)C(=O)C12CCNCC2. The highest BCUT2D eigenvalue weighted by molar-refractivity contribution is 5.94. The van der Waals surface area contributed by atoms with Crippen LogP contribution in [0.4, 0.5) is 0 Å². The second-order valence-corrected chi connectivity index (χ2v) is 5.69. The summed E-state index contributed by atoms with van der Waals surface area (Å²) in [5, 5.41) is 3.28. The van der Waals surface area contributed by atoms with E-state index in [1.54, 1.807) is 18.9 Å². The summed E-state index contributed by atoms with van der Waals surface area (Å²) in [5.41, 5.74) is 0.801. The summed E-state index contributed by atoms with van der Waals surface area (Å²) in [4.78, 5) is 26.1. The number of amides is 1. The molecule has 6 heteroatoms. The Morgan fingerprint density at radius 2 is 2.05 bits per heavy atom. The van der Waals surface area contributed by atoms with E-state index >= 15 is 0 Å². The molecule has 3 rings (SSSR count). The highest BCUT2D eigenvalue weighted by atomic mass is 16.5. The molecule has 1 amide bonds. The lowest BCUT2D eigenvalue weighted by Gasteiger charge is -2.35. The van der Waals surface area contributed by atoms with Crippen molar-refractivity contribution in [3.63, 3.8) is 0 Å². The first-order valence-electron chi connectivity index (χ1n) is 7.02. The van der Waals surface area contributed by atoms with E-state index in [2.05, 4.69) is 5.32 Å². The van der Waals surface area contributed by atoms with Gasteiger partial charge in [0.05, 0.1) is 29.3 Å². The first-order chi connectivity index (χ1) is 9.60. The third kappa shape index (κ3) is 1.78. The number of ether oxygens (including phenoxy) is 2. The Kier molecular flexibility index (Phi) is 3.30. The molecule has 1 atom stereocenters. The molecule has 3 heterocycles. The molecule has 0 radical (unpaired) electrons. The number of nitrogens with one attached hydrogen (secondary N) is 1. The smallest absolute Gasteiger partial charge is 0.336 e. The van der Waals surface area contributed by atoms with E-state index in [-0.39, 0.29) is 24.6 Å². The Bertz CT molecular complexity index is 480. The predicted molar refractivity (Wildman–Crippen MR) is 70.7 cm³/mol. The Balaban J connectivity index is 1.93. The molecule has 110 valence electrons. The average molecular weight is 280 g/mol. The zero-order valence-electron chi connectivity index (χ0n) is 11.9. The van der Waals surface area contributed by atoms with Crippen LogP contribution in [0, 0.1) is 5.41 Å². The van der Waals surface area contributed by atoms with Crippen molar-refractivity contribution in [2.75, 3.05) is 33.4 Å². The van der Waals surface area contributed by atoms with Gasteiger partial charge >= 0.3 is 5.97 Å². The molecular formula is C14H20N2O4. The number of carbonyl (C=O) groups is 2. The van der Waals surface area contributed by atoms with Crippen molar-refractivity contribution in [2.24, 2.45) is 5.41 Å². The van der Waals surface area contributed by atoms with Crippen molar-refractivity contribution < 1.29 is 19.1 Å². The van der Waals surface area contributed by atoms with E-state index in [1.165, 1.54) is 0 Å². The molecule has 0 aliphatic carbocycles. The van der Waals surface area contributed by atoms with Crippen LogP contribution in [-0.4, -0.2) is 56.2 Å². The van der Waals surface area contributed by atoms with Gasteiger partial charge in [-0.15, -0.1) is 0 Å². The molecule has 2 saturated heterocycles. The molecule has 3 aliphatic heterocycles. The van der Waals surface area contributed by atoms with Gasteiger partial charge in [0.25, 0.3) is 0 Å². The molecule has 1 spiro atoms. The monoisotopic (exact) mass is 280 g/mol. The number of cyclic esters (lactones) is 1. The molecule has 0 unspecified atom stereocenters. The van der Waals surface area contributed by atoms with Crippen LogP contribution in [0.1, 0.15) is 19.8 Å². The van der Waals surface area contributed by atoms with Gasteiger partial charge in [-0.3, -0.25) is 4.79 Å². The number of piperidine rings is 1. The summed E-state index contributed by atoms with van der Waals surface area (Å²) in [7, 11) is 1.66. The summed E-state index contributed by atoms with van der Waals surface area (Å²) < 4.78 is 10.6. The molecule has 0 bridgehead atoms. The number of nitrogens with zero attached hydrogens (tertiary/aromatic N) is 1. The zero-order chi connectivity index (χ0) is 14.3. The maximum atomic E-state index is 12.9. The van der Waals surface area contributed by atoms with Crippen LogP contribution in [0.5, 0.6) is 0 Å². The number of esters is 1. The number of rotatable bonds is 2.